The molecular weight excluding hydrogens is 312 g/mol. The largest absolute Gasteiger partial charge is 0.430 e. The fraction of sp³-hybridized carbons (Fsp3) is 0.722. The van der Waals surface area contributed by atoms with Crippen molar-refractivity contribution in [2.24, 2.45) is 5.92 Å². The molecule has 0 aliphatic heterocycles. The van der Waals surface area contributed by atoms with Gasteiger partial charge in [-0.3, -0.25) is 14.4 Å². The van der Waals surface area contributed by atoms with Crippen molar-refractivity contribution in [2.45, 2.75) is 78.6 Å². The highest BCUT2D eigenvalue weighted by Gasteiger charge is 2.48. The fourth-order valence-corrected chi connectivity index (χ4v) is 2.47. The first-order valence-corrected chi connectivity index (χ1v) is 8.48. The monoisotopic (exact) mass is 342 g/mol. The Morgan fingerprint density at radius 1 is 0.875 bits per heavy atom. The Morgan fingerprint density at radius 2 is 1.29 bits per heavy atom. The predicted molar refractivity (Wildman–Crippen MR) is 89.7 cm³/mol. The highest BCUT2D eigenvalue weighted by Crippen LogP contribution is 2.32. The Morgan fingerprint density at radius 3 is 1.67 bits per heavy atom. The first kappa shape index (κ1) is 22.1. The zero-order valence-electron chi connectivity index (χ0n) is 15.3. The number of rotatable bonds is 12. The van der Waals surface area contributed by atoms with E-state index in [2.05, 4.69) is 13.5 Å². The molecule has 0 amide bonds. The van der Waals surface area contributed by atoms with E-state index in [4.69, 9.17) is 14.2 Å². The van der Waals surface area contributed by atoms with Crippen molar-refractivity contribution in [1.82, 2.24) is 0 Å². The zero-order chi connectivity index (χ0) is 18.6. The van der Waals surface area contributed by atoms with Gasteiger partial charge in [0.15, 0.2) is 0 Å². The molecule has 1 atom stereocenters. The van der Waals surface area contributed by atoms with Gasteiger partial charge in [0.1, 0.15) is 0 Å². The van der Waals surface area contributed by atoms with Crippen molar-refractivity contribution < 1.29 is 28.6 Å². The maximum atomic E-state index is 11.5. The van der Waals surface area contributed by atoms with Crippen molar-refractivity contribution in [2.75, 3.05) is 0 Å². The lowest BCUT2D eigenvalue weighted by atomic mass is 9.97. The molecule has 24 heavy (non-hydrogen) atoms. The minimum atomic E-state index is -2.09. The van der Waals surface area contributed by atoms with Crippen LogP contribution in [0, 0.1) is 5.92 Å². The third kappa shape index (κ3) is 8.70. The van der Waals surface area contributed by atoms with E-state index >= 15 is 0 Å². The second-order valence-electron chi connectivity index (χ2n) is 5.78. The second kappa shape index (κ2) is 11.6. The van der Waals surface area contributed by atoms with Crippen LogP contribution in [0.3, 0.4) is 0 Å². The number of hydrogen-bond acceptors (Lipinski definition) is 6. The third-order valence-corrected chi connectivity index (χ3v) is 3.47. The molecule has 0 saturated heterocycles. The number of ether oxygens (including phenoxy) is 3. The normalized spacial score (nSPS) is 12.2. The van der Waals surface area contributed by atoms with Gasteiger partial charge in [-0.05, 0) is 6.42 Å². The minimum absolute atomic E-state index is 0.517. The van der Waals surface area contributed by atoms with Crippen LogP contribution in [0.2, 0.25) is 0 Å². The van der Waals surface area contributed by atoms with Crippen LogP contribution in [0.1, 0.15) is 72.6 Å². The van der Waals surface area contributed by atoms with Crippen LogP contribution in [0.4, 0.5) is 0 Å². The van der Waals surface area contributed by atoms with Crippen molar-refractivity contribution in [3.8, 4) is 0 Å². The van der Waals surface area contributed by atoms with E-state index in [-0.39, 0.29) is 0 Å². The Kier molecular flexibility index (Phi) is 10.8. The van der Waals surface area contributed by atoms with E-state index in [0.29, 0.717) is 6.42 Å². The minimum Gasteiger partial charge on any atom is -0.388 e. The molecule has 0 spiro atoms. The van der Waals surface area contributed by atoms with E-state index in [9.17, 15) is 14.4 Å². The molecule has 0 rings (SSSR count). The molecule has 0 aromatic rings. The summed E-state index contributed by atoms with van der Waals surface area (Å²) in [6, 6.07) is 0. The fourth-order valence-electron chi connectivity index (χ4n) is 2.47. The molecule has 0 saturated carbocycles. The summed E-state index contributed by atoms with van der Waals surface area (Å²) in [5.74, 6) is -4.87. The average molecular weight is 342 g/mol. The molecule has 0 bridgehead atoms. The third-order valence-electron chi connectivity index (χ3n) is 3.47. The second-order valence-corrected chi connectivity index (χ2v) is 5.78. The summed E-state index contributed by atoms with van der Waals surface area (Å²) in [5.41, 5.74) is 0. The maximum absolute atomic E-state index is 11.5. The first-order valence-electron chi connectivity index (χ1n) is 8.48. The molecule has 0 aliphatic carbocycles. The summed E-state index contributed by atoms with van der Waals surface area (Å²) in [6.45, 7) is 9.33. The highest BCUT2D eigenvalue weighted by molar-refractivity contribution is 5.71. The van der Waals surface area contributed by atoms with Gasteiger partial charge in [0, 0.05) is 20.8 Å². The highest BCUT2D eigenvalue weighted by atomic mass is 16.9. The smallest absolute Gasteiger partial charge is 0.388 e. The van der Waals surface area contributed by atoms with Gasteiger partial charge in [0.25, 0.3) is 0 Å². The standard InChI is InChI=1S/C18H30O6/c1-6-8-9-10-11-12-13-17(7-2)18(22-14(3)19,23-15(4)20)24-16(5)21/h7,17H,2,6,8-13H2,1,3-5H3. The van der Waals surface area contributed by atoms with Crippen LogP contribution < -0.4 is 0 Å². The van der Waals surface area contributed by atoms with Crippen LogP contribution in [-0.4, -0.2) is 23.9 Å². The van der Waals surface area contributed by atoms with Crippen LogP contribution >= 0.6 is 0 Å². The van der Waals surface area contributed by atoms with Gasteiger partial charge >= 0.3 is 23.9 Å². The molecule has 0 aromatic heterocycles. The predicted octanol–water partition coefficient (Wildman–Crippen LogP) is 3.88. The van der Waals surface area contributed by atoms with Gasteiger partial charge < -0.3 is 14.2 Å². The van der Waals surface area contributed by atoms with Crippen LogP contribution in [0.25, 0.3) is 0 Å². The van der Waals surface area contributed by atoms with E-state index in [1.807, 2.05) is 0 Å². The topological polar surface area (TPSA) is 78.9 Å². The molecule has 0 heterocycles. The zero-order valence-corrected chi connectivity index (χ0v) is 15.3. The summed E-state index contributed by atoms with van der Waals surface area (Å²) in [6.07, 6.45) is 8.43. The lowest BCUT2D eigenvalue weighted by molar-refractivity contribution is -0.345. The Balaban J connectivity index is 5.07. The van der Waals surface area contributed by atoms with Crippen LogP contribution in [0.15, 0.2) is 12.7 Å². The first-order chi connectivity index (χ1) is 11.3. The molecule has 0 N–H and O–H groups in total. The van der Waals surface area contributed by atoms with Gasteiger partial charge in [0.05, 0.1) is 5.92 Å². The molecule has 138 valence electrons. The number of unbranched alkanes of at least 4 members (excludes halogenated alkanes) is 5. The average Bonchev–Trinajstić information content (AvgIpc) is 2.44. The van der Waals surface area contributed by atoms with Crippen molar-refractivity contribution in [1.29, 1.82) is 0 Å². The van der Waals surface area contributed by atoms with Gasteiger partial charge in [-0.15, -0.1) is 6.58 Å². The van der Waals surface area contributed by atoms with Crippen molar-refractivity contribution in [3.63, 3.8) is 0 Å². The molecule has 0 fully saturated rings. The summed E-state index contributed by atoms with van der Waals surface area (Å²) in [5, 5.41) is 0. The summed E-state index contributed by atoms with van der Waals surface area (Å²) in [7, 11) is 0. The quantitative estimate of drug-likeness (QED) is 0.232. The molecule has 0 radical (unpaired) electrons. The summed E-state index contributed by atoms with van der Waals surface area (Å²) in [4.78, 5) is 34.4. The van der Waals surface area contributed by atoms with Crippen LogP contribution in [0.5, 0.6) is 0 Å². The van der Waals surface area contributed by atoms with Gasteiger partial charge in [0.2, 0.25) is 0 Å². The summed E-state index contributed by atoms with van der Waals surface area (Å²) < 4.78 is 15.3. The van der Waals surface area contributed by atoms with E-state index in [0.717, 1.165) is 46.5 Å². The molecule has 6 nitrogen and oxygen atoms in total. The molecule has 1 unspecified atom stereocenters. The van der Waals surface area contributed by atoms with Gasteiger partial charge in [-0.2, -0.15) is 0 Å². The number of carbonyl (C=O) groups excluding carboxylic acids is 3. The van der Waals surface area contributed by atoms with E-state index in [1.54, 1.807) is 0 Å². The Hall–Kier alpha value is -1.85. The molecular formula is C18H30O6. The number of hydrogen-bond donors (Lipinski definition) is 0. The van der Waals surface area contributed by atoms with E-state index in [1.165, 1.54) is 18.9 Å². The van der Waals surface area contributed by atoms with E-state index < -0.39 is 29.8 Å². The lowest BCUT2D eigenvalue weighted by Crippen LogP contribution is -2.49. The number of esters is 3. The molecule has 0 aromatic carbocycles. The van der Waals surface area contributed by atoms with Crippen LogP contribution in [-0.2, 0) is 28.6 Å². The number of carbonyl (C=O) groups is 3. The molecule has 6 heteroatoms. The van der Waals surface area contributed by atoms with Gasteiger partial charge in [-0.25, -0.2) is 0 Å². The lowest BCUT2D eigenvalue weighted by Gasteiger charge is -2.35. The van der Waals surface area contributed by atoms with Gasteiger partial charge in [-0.1, -0.05) is 51.5 Å². The van der Waals surface area contributed by atoms with Crippen molar-refractivity contribution >= 4 is 17.9 Å². The molecule has 0 aliphatic rings. The Labute approximate surface area is 144 Å². The van der Waals surface area contributed by atoms with Crippen molar-refractivity contribution in [3.05, 3.63) is 12.7 Å². The Bertz CT molecular complexity index is 388. The maximum Gasteiger partial charge on any atom is 0.430 e. The summed E-state index contributed by atoms with van der Waals surface area (Å²) >= 11 is 0. The SMILES string of the molecule is C=CC(CCCCCCCC)C(OC(C)=O)(OC(C)=O)OC(C)=O.